The van der Waals surface area contributed by atoms with E-state index < -0.39 is 11.9 Å². The van der Waals surface area contributed by atoms with Crippen molar-refractivity contribution >= 4 is 11.7 Å². The van der Waals surface area contributed by atoms with Crippen LogP contribution in [0.5, 0.6) is 0 Å². The van der Waals surface area contributed by atoms with Crippen molar-refractivity contribution < 1.29 is 18.3 Å². The van der Waals surface area contributed by atoms with Gasteiger partial charge in [-0.1, -0.05) is 0 Å². The average Bonchev–Trinajstić information content (AvgIpc) is 2.86. The zero-order valence-electron chi connectivity index (χ0n) is 12.2. The molecule has 1 aliphatic rings. The molecular weight excluding hydrogens is 292 g/mol. The smallest absolute Gasteiger partial charge is 0.339 e. The van der Waals surface area contributed by atoms with Crippen molar-refractivity contribution in [2.75, 3.05) is 25.1 Å². The molecule has 0 saturated carbocycles. The lowest BCUT2D eigenvalue weighted by molar-refractivity contribution is -0.0262. The van der Waals surface area contributed by atoms with Crippen molar-refractivity contribution in [3.63, 3.8) is 0 Å². The normalized spacial score (nSPS) is 16.3. The summed E-state index contributed by atoms with van der Waals surface area (Å²) in [5, 5.41) is 0. The lowest BCUT2D eigenvalue weighted by atomic mass is 10.1. The highest BCUT2D eigenvalue weighted by Gasteiger charge is 2.43. The number of methoxy groups -OCH3 is 1. The zero-order chi connectivity index (χ0) is 15.9. The van der Waals surface area contributed by atoms with Crippen molar-refractivity contribution in [2.45, 2.75) is 5.92 Å². The van der Waals surface area contributed by atoms with E-state index in [0.29, 0.717) is 16.9 Å². The summed E-state index contributed by atoms with van der Waals surface area (Å²) < 4.78 is 32.2. The highest BCUT2D eigenvalue weighted by Crippen LogP contribution is 2.32. The van der Waals surface area contributed by atoms with Crippen molar-refractivity contribution in [2.24, 2.45) is 7.05 Å². The summed E-state index contributed by atoms with van der Waals surface area (Å²) in [4.78, 5) is 17.4. The van der Waals surface area contributed by atoms with Gasteiger partial charge in [-0.15, -0.1) is 0 Å². The van der Waals surface area contributed by atoms with E-state index in [1.807, 2.05) is 0 Å². The van der Waals surface area contributed by atoms with Crippen molar-refractivity contribution in [1.82, 2.24) is 9.55 Å². The average molecular weight is 307 g/mol. The summed E-state index contributed by atoms with van der Waals surface area (Å²) in [6.45, 7) is -0.546. The van der Waals surface area contributed by atoms with Crippen LogP contribution in [-0.4, -0.2) is 41.6 Å². The molecule has 1 fully saturated rings. The quantitative estimate of drug-likeness (QED) is 0.817. The lowest BCUT2D eigenvalue weighted by Gasteiger charge is -2.40. The van der Waals surface area contributed by atoms with E-state index in [9.17, 15) is 13.6 Å². The van der Waals surface area contributed by atoms with Gasteiger partial charge in [0.15, 0.2) is 0 Å². The topological polar surface area (TPSA) is 47.4 Å². The SMILES string of the molecule is COC(=O)c1cc(-c2ccc(N3CC(F)(F)C3)cn2)n(C)c1. The number of alkyl halides is 2. The van der Waals surface area contributed by atoms with Gasteiger partial charge in [0.25, 0.3) is 5.92 Å². The second-order valence-electron chi connectivity index (χ2n) is 5.33. The molecule has 5 nitrogen and oxygen atoms in total. The Bertz CT molecular complexity index is 702. The lowest BCUT2D eigenvalue weighted by Crippen LogP contribution is -2.56. The first-order chi connectivity index (χ1) is 10.4. The molecule has 0 bridgehead atoms. The Hall–Kier alpha value is -2.44. The second-order valence-corrected chi connectivity index (χ2v) is 5.33. The monoisotopic (exact) mass is 307 g/mol. The third-order valence-electron chi connectivity index (χ3n) is 3.65. The number of aryl methyl sites for hydroxylation is 1. The van der Waals surface area contributed by atoms with Gasteiger partial charge in [-0.2, -0.15) is 0 Å². The van der Waals surface area contributed by atoms with Crippen LogP contribution >= 0.6 is 0 Å². The zero-order valence-corrected chi connectivity index (χ0v) is 12.2. The van der Waals surface area contributed by atoms with Crippen LogP contribution in [0.15, 0.2) is 30.6 Å². The molecule has 0 aromatic carbocycles. The van der Waals surface area contributed by atoms with Crippen molar-refractivity contribution in [3.05, 3.63) is 36.2 Å². The molecular formula is C15H15F2N3O2. The molecule has 0 amide bonds. The number of carbonyl (C=O) groups is 1. The summed E-state index contributed by atoms with van der Waals surface area (Å²) >= 11 is 0. The van der Waals surface area contributed by atoms with Crippen LogP contribution in [0.4, 0.5) is 14.5 Å². The molecule has 0 atom stereocenters. The predicted molar refractivity (Wildman–Crippen MR) is 77.1 cm³/mol. The van der Waals surface area contributed by atoms with Gasteiger partial charge in [0.1, 0.15) is 0 Å². The maximum absolute atomic E-state index is 12.9. The van der Waals surface area contributed by atoms with Gasteiger partial charge in [-0.05, 0) is 18.2 Å². The molecule has 0 radical (unpaired) electrons. The summed E-state index contributed by atoms with van der Waals surface area (Å²) in [6, 6.07) is 5.19. The minimum absolute atomic E-state index is 0.273. The number of hydrogen-bond acceptors (Lipinski definition) is 4. The molecule has 0 spiro atoms. The fourth-order valence-electron chi connectivity index (χ4n) is 2.47. The Labute approximate surface area is 126 Å². The Morgan fingerprint density at radius 3 is 2.64 bits per heavy atom. The standard InChI is InChI=1S/C15H15F2N3O2/c1-19-7-10(14(21)22-2)5-13(19)12-4-3-11(6-18-12)20-8-15(16,17)9-20/h3-7H,8-9H2,1-2H3. The molecule has 3 heterocycles. The molecule has 3 rings (SSSR count). The van der Waals surface area contributed by atoms with E-state index in [-0.39, 0.29) is 13.1 Å². The third-order valence-corrected chi connectivity index (χ3v) is 3.65. The number of aromatic nitrogens is 2. The second kappa shape index (κ2) is 5.08. The number of esters is 1. The molecule has 2 aromatic heterocycles. The van der Waals surface area contributed by atoms with E-state index >= 15 is 0 Å². The molecule has 7 heteroatoms. The summed E-state index contributed by atoms with van der Waals surface area (Å²) in [5.41, 5.74) is 2.51. The minimum atomic E-state index is -2.60. The number of halogens is 2. The fraction of sp³-hybridized carbons (Fsp3) is 0.333. The van der Waals surface area contributed by atoms with E-state index in [4.69, 9.17) is 0 Å². The minimum Gasteiger partial charge on any atom is -0.465 e. The summed E-state index contributed by atoms with van der Waals surface area (Å²) in [6.07, 6.45) is 3.22. The first-order valence-corrected chi connectivity index (χ1v) is 6.73. The first kappa shape index (κ1) is 14.5. The Morgan fingerprint density at radius 2 is 2.09 bits per heavy atom. The fourth-order valence-corrected chi connectivity index (χ4v) is 2.47. The number of hydrogen-bond donors (Lipinski definition) is 0. The van der Waals surface area contributed by atoms with Gasteiger partial charge in [-0.3, -0.25) is 4.98 Å². The molecule has 1 saturated heterocycles. The highest BCUT2D eigenvalue weighted by molar-refractivity contribution is 5.90. The van der Waals surface area contributed by atoms with Crippen LogP contribution in [0.1, 0.15) is 10.4 Å². The molecule has 0 N–H and O–H groups in total. The van der Waals surface area contributed by atoms with Crippen molar-refractivity contribution in [3.8, 4) is 11.4 Å². The van der Waals surface area contributed by atoms with E-state index in [2.05, 4.69) is 9.72 Å². The van der Waals surface area contributed by atoms with E-state index in [1.54, 1.807) is 47.1 Å². The maximum Gasteiger partial charge on any atom is 0.339 e. The predicted octanol–water partition coefficient (Wildman–Crippen LogP) is 2.33. The number of ether oxygens (including phenoxy) is 1. The van der Waals surface area contributed by atoms with Gasteiger partial charge in [0.05, 0.1) is 49.0 Å². The Balaban J connectivity index is 1.81. The van der Waals surface area contributed by atoms with Gasteiger partial charge >= 0.3 is 5.97 Å². The molecule has 116 valence electrons. The highest BCUT2D eigenvalue weighted by atomic mass is 19.3. The Morgan fingerprint density at radius 1 is 1.36 bits per heavy atom. The molecule has 1 aliphatic heterocycles. The number of rotatable bonds is 3. The van der Waals surface area contributed by atoms with Gasteiger partial charge < -0.3 is 14.2 Å². The van der Waals surface area contributed by atoms with Crippen LogP contribution < -0.4 is 4.90 Å². The van der Waals surface area contributed by atoms with E-state index in [0.717, 1.165) is 5.69 Å². The summed E-state index contributed by atoms with van der Waals surface area (Å²) in [5.74, 6) is -3.02. The maximum atomic E-state index is 12.9. The first-order valence-electron chi connectivity index (χ1n) is 6.73. The molecule has 0 aliphatic carbocycles. The summed E-state index contributed by atoms with van der Waals surface area (Å²) in [7, 11) is 3.12. The van der Waals surface area contributed by atoms with Crippen LogP contribution in [0, 0.1) is 0 Å². The largest absolute Gasteiger partial charge is 0.465 e. The third kappa shape index (κ3) is 2.54. The Kier molecular flexibility index (Phi) is 3.35. The number of nitrogens with zero attached hydrogens (tertiary/aromatic N) is 3. The number of pyridine rings is 1. The molecule has 22 heavy (non-hydrogen) atoms. The molecule has 2 aromatic rings. The van der Waals surface area contributed by atoms with Crippen LogP contribution in [0.2, 0.25) is 0 Å². The van der Waals surface area contributed by atoms with Crippen LogP contribution in [-0.2, 0) is 11.8 Å². The van der Waals surface area contributed by atoms with Gasteiger partial charge in [-0.25, -0.2) is 13.6 Å². The van der Waals surface area contributed by atoms with Gasteiger partial charge in [0.2, 0.25) is 0 Å². The van der Waals surface area contributed by atoms with Crippen LogP contribution in [0.25, 0.3) is 11.4 Å². The van der Waals surface area contributed by atoms with Gasteiger partial charge in [0, 0.05) is 13.2 Å². The van der Waals surface area contributed by atoms with Crippen molar-refractivity contribution in [1.29, 1.82) is 0 Å². The van der Waals surface area contributed by atoms with Crippen LogP contribution in [0.3, 0.4) is 0 Å². The number of anilines is 1. The molecule has 0 unspecified atom stereocenters. The number of carbonyl (C=O) groups excluding carboxylic acids is 1. The van der Waals surface area contributed by atoms with E-state index in [1.165, 1.54) is 7.11 Å².